The molecule has 1 aliphatic heterocycles. The number of allylic oxidation sites excluding steroid dienone is 1. The molecule has 0 N–H and O–H groups in total. The highest BCUT2D eigenvalue weighted by atomic mass is 31.2. The lowest BCUT2D eigenvalue weighted by Gasteiger charge is -2.43. The fraction of sp³-hybridized carbons (Fsp3) is 0.529. The number of benzene rings is 1. The first kappa shape index (κ1) is 16.5. The van der Waals surface area contributed by atoms with Crippen LogP contribution in [0.15, 0.2) is 43.0 Å². The molecule has 4 heteroatoms. The molecule has 1 saturated heterocycles. The molecule has 3 nitrogen and oxygen atoms in total. The van der Waals surface area contributed by atoms with E-state index in [0.717, 1.165) is 18.5 Å². The Labute approximate surface area is 128 Å². The van der Waals surface area contributed by atoms with Crippen LogP contribution in [-0.2, 0) is 9.09 Å². The summed E-state index contributed by atoms with van der Waals surface area (Å²) in [6.45, 7) is 10.9. The van der Waals surface area contributed by atoms with Gasteiger partial charge in [0.2, 0.25) is 0 Å². The molecule has 0 unspecified atom stereocenters. The first-order valence-electron chi connectivity index (χ1n) is 7.70. The van der Waals surface area contributed by atoms with Crippen LogP contribution in [-0.4, -0.2) is 23.4 Å². The average Bonchev–Trinajstić information content (AvgIpc) is 2.45. The molecule has 1 fully saturated rings. The van der Waals surface area contributed by atoms with E-state index in [0.29, 0.717) is 6.42 Å². The van der Waals surface area contributed by atoms with Crippen molar-refractivity contribution in [2.75, 3.05) is 6.54 Å². The summed E-state index contributed by atoms with van der Waals surface area (Å²) in [6.07, 6.45) is 3.48. The van der Waals surface area contributed by atoms with E-state index in [1.165, 1.54) is 0 Å². The first-order valence-corrected chi connectivity index (χ1v) is 9.34. The molecule has 0 bridgehead atoms. The molecule has 2 rings (SSSR count). The molecule has 1 aromatic carbocycles. The molecule has 116 valence electrons. The largest absolute Gasteiger partial charge is 0.314 e. The SMILES string of the molecule is C=CC[C@@H](c1ccccc1)[P@@]1(=O)O[C@@H](C)CCN1C(C)C. The molecule has 1 aliphatic rings. The van der Waals surface area contributed by atoms with Crippen LogP contribution in [0, 0.1) is 0 Å². The zero-order valence-electron chi connectivity index (χ0n) is 13.2. The topological polar surface area (TPSA) is 29.5 Å². The lowest BCUT2D eigenvalue weighted by Crippen LogP contribution is -2.38. The highest BCUT2D eigenvalue weighted by molar-refractivity contribution is 7.57. The Bertz CT molecular complexity index is 515. The molecule has 0 aromatic heterocycles. The van der Waals surface area contributed by atoms with Gasteiger partial charge < -0.3 is 4.52 Å². The zero-order chi connectivity index (χ0) is 15.5. The Kier molecular flexibility index (Phi) is 5.43. The fourth-order valence-corrected chi connectivity index (χ4v) is 6.20. The van der Waals surface area contributed by atoms with Crippen LogP contribution < -0.4 is 0 Å². The van der Waals surface area contributed by atoms with E-state index < -0.39 is 7.52 Å². The van der Waals surface area contributed by atoms with Gasteiger partial charge in [0.25, 0.3) is 7.52 Å². The summed E-state index contributed by atoms with van der Waals surface area (Å²) >= 11 is 0. The van der Waals surface area contributed by atoms with Crippen molar-refractivity contribution in [2.24, 2.45) is 0 Å². The van der Waals surface area contributed by atoms with Crippen LogP contribution in [0.5, 0.6) is 0 Å². The average molecular weight is 307 g/mol. The van der Waals surface area contributed by atoms with Crippen molar-refractivity contribution in [3.63, 3.8) is 0 Å². The van der Waals surface area contributed by atoms with Gasteiger partial charge in [0.1, 0.15) is 0 Å². The number of hydrogen-bond acceptors (Lipinski definition) is 2. The Morgan fingerprint density at radius 3 is 2.67 bits per heavy atom. The summed E-state index contributed by atoms with van der Waals surface area (Å²) in [5.74, 6) is 0. The normalized spacial score (nSPS) is 28.5. The summed E-state index contributed by atoms with van der Waals surface area (Å²) in [5, 5.41) is 0. The van der Waals surface area contributed by atoms with Crippen LogP contribution in [0.25, 0.3) is 0 Å². The minimum atomic E-state index is -2.92. The van der Waals surface area contributed by atoms with E-state index in [9.17, 15) is 4.57 Å². The Hall–Kier alpha value is -0.890. The maximum absolute atomic E-state index is 13.8. The van der Waals surface area contributed by atoms with Gasteiger partial charge in [0.05, 0.1) is 11.8 Å². The van der Waals surface area contributed by atoms with Crippen LogP contribution in [0.2, 0.25) is 0 Å². The fourth-order valence-electron chi connectivity index (χ4n) is 2.95. The van der Waals surface area contributed by atoms with Gasteiger partial charge in [0.15, 0.2) is 0 Å². The van der Waals surface area contributed by atoms with Gasteiger partial charge in [0, 0.05) is 12.6 Å². The summed E-state index contributed by atoms with van der Waals surface area (Å²) in [5.41, 5.74) is 0.932. The third kappa shape index (κ3) is 3.48. The lowest BCUT2D eigenvalue weighted by atomic mass is 10.1. The van der Waals surface area contributed by atoms with Crippen LogP contribution >= 0.6 is 7.52 Å². The van der Waals surface area contributed by atoms with E-state index in [1.54, 1.807) is 0 Å². The predicted molar refractivity (Wildman–Crippen MR) is 88.6 cm³/mol. The Morgan fingerprint density at radius 2 is 2.10 bits per heavy atom. The van der Waals surface area contributed by atoms with Crippen molar-refractivity contribution in [2.45, 2.75) is 51.4 Å². The molecule has 0 radical (unpaired) electrons. The highest BCUT2D eigenvalue weighted by Crippen LogP contribution is 2.67. The smallest absolute Gasteiger partial charge is 0.280 e. The van der Waals surface area contributed by atoms with E-state index in [-0.39, 0.29) is 17.8 Å². The second-order valence-corrected chi connectivity index (χ2v) is 8.45. The minimum Gasteiger partial charge on any atom is -0.314 e. The Balaban J connectivity index is 2.43. The highest BCUT2D eigenvalue weighted by Gasteiger charge is 2.45. The number of hydrogen-bond donors (Lipinski definition) is 0. The van der Waals surface area contributed by atoms with Crippen molar-refractivity contribution >= 4 is 7.52 Å². The Morgan fingerprint density at radius 1 is 1.43 bits per heavy atom. The van der Waals surface area contributed by atoms with Crippen molar-refractivity contribution in [1.82, 2.24) is 4.67 Å². The second-order valence-electron chi connectivity index (χ2n) is 5.98. The van der Waals surface area contributed by atoms with Crippen molar-refractivity contribution in [1.29, 1.82) is 0 Å². The number of rotatable bonds is 5. The van der Waals surface area contributed by atoms with Crippen LogP contribution in [0.1, 0.15) is 44.8 Å². The predicted octanol–water partition coefficient (Wildman–Crippen LogP) is 5.02. The zero-order valence-corrected chi connectivity index (χ0v) is 14.1. The first-order chi connectivity index (χ1) is 9.99. The van der Waals surface area contributed by atoms with Gasteiger partial charge in [-0.25, -0.2) is 4.67 Å². The van der Waals surface area contributed by atoms with E-state index >= 15 is 0 Å². The van der Waals surface area contributed by atoms with Crippen molar-refractivity contribution < 1.29 is 9.09 Å². The maximum Gasteiger partial charge on any atom is 0.280 e. The molecule has 3 atom stereocenters. The summed E-state index contributed by atoms with van der Waals surface area (Å²) in [4.78, 5) is 0. The minimum absolute atomic E-state index is 0.0434. The standard InChI is InChI=1S/C17H26NO2P/c1-5-9-17(16-10-7-6-8-11-16)21(19)18(14(2)3)13-12-15(4)20-21/h5-8,10-11,14-15,17H,1,9,12-13H2,2-4H3/t15-,17-,21+/m0/s1. The quantitative estimate of drug-likeness (QED) is 0.565. The van der Waals surface area contributed by atoms with E-state index in [2.05, 4.69) is 25.1 Å². The molecule has 1 aromatic rings. The summed E-state index contributed by atoms with van der Waals surface area (Å²) in [6, 6.07) is 10.2. The maximum atomic E-state index is 13.8. The molecule has 0 saturated carbocycles. The van der Waals surface area contributed by atoms with Gasteiger partial charge in [-0.15, -0.1) is 6.58 Å². The second kappa shape index (κ2) is 6.91. The van der Waals surface area contributed by atoms with Crippen molar-refractivity contribution in [3.8, 4) is 0 Å². The molecule has 0 aliphatic carbocycles. The number of nitrogens with zero attached hydrogens (tertiary/aromatic N) is 1. The van der Waals surface area contributed by atoms with Gasteiger partial charge in [-0.1, -0.05) is 36.4 Å². The van der Waals surface area contributed by atoms with Crippen molar-refractivity contribution in [3.05, 3.63) is 48.6 Å². The molecular weight excluding hydrogens is 281 g/mol. The third-order valence-corrected chi connectivity index (χ3v) is 7.35. The molecule has 1 heterocycles. The molecular formula is C17H26NO2P. The lowest BCUT2D eigenvalue weighted by molar-refractivity contribution is 0.123. The third-order valence-electron chi connectivity index (χ3n) is 4.02. The molecule has 21 heavy (non-hydrogen) atoms. The summed E-state index contributed by atoms with van der Waals surface area (Å²) in [7, 11) is -2.92. The molecule has 0 amide bonds. The summed E-state index contributed by atoms with van der Waals surface area (Å²) < 4.78 is 21.9. The van der Waals surface area contributed by atoms with Gasteiger partial charge in [-0.05, 0) is 39.2 Å². The van der Waals surface area contributed by atoms with Gasteiger partial charge in [-0.2, -0.15) is 0 Å². The van der Waals surface area contributed by atoms with Crippen LogP contribution in [0.3, 0.4) is 0 Å². The van der Waals surface area contributed by atoms with Gasteiger partial charge >= 0.3 is 0 Å². The monoisotopic (exact) mass is 307 g/mol. The molecule has 0 spiro atoms. The van der Waals surface area contributed by atoms with Gasteiger partial charge in [-0.3, -0.25) is 4.57 Å². The van der Waals surface area contributed by atoms with E-state index in [1.807, 2.05) is 43.3 Å². The van der Waals surface area contributed by atoms with Crippen LogP contribution in [0.4, 0.5) is 0 Å². The van der Waals surface area contributed by atoms with E-state index in [4.69, 9.17) is 4.52 Å².